The third-order valence-electron chi connectivity index (χ3n) is 2.21. The van der Waals surface area contributed by atoms with Crippen molar-refractivity contribution < 1.29 is 9.59 Å². The number of carbonyl (C=O) groups is 2. The van der Waals surface area contributed by atoms with Gasteiger partial charge < -0.3 is 11.1 Å². The first kappa shape index (κ1) is 13.6. The number of hydrogen-bond acceptors (Lipinski definition) is 3. The van der Waals surface area contributed by atoms with Crippen LogP contribution in [0.2, 0.25) is 0 Å². The summed E-state index contributed by atoms with van der Waals surface area (Å²) >= 11 is 4.18. The smallest absolute Gasteiger partial charge is 0.224 e. The topological polar surface area (TPSA) is 72.2 Å². The molecular formula is C12H16N2O2S. The van der Waals surface area contributed by atoms with Crippen LogP contribution >= 0.6 is 12.6 Å². The van der Waals surface area contributed by atoms with Gasteiger partial charge in [0.2, 0.25) is 11.8 Å². The number of hydrogen-bond donors (Lipinski definition) is 3. The number of carbonyl (C=O) groups excluding carboxylic acids is 2. The standard InChI is InChI=1S/C12H16N2O2S/c13-11(15)6-1-2-7-12(16)14-9-4-3-5-10(17)8-9/h3-5,8,17H,1-2,6-7H2,(H2,13,15)(H,14,16). The number of benzene rings is 1. The van der Waals surface area contributed by atoms with Gasteiger partial charge in [0.25, 0.3) is 0 Å². The molecule has 1 aromatic rings. The molecule has 0 aliphatic carbocycles. The fraction of sp³-hybridized carbons (Fsp3) is 0.333. The van der Waals surface area contributed by atoms with Crippen molar-refractivity contribution in [2.45, 2.75) is 30.6 Å². The average Bonchev–Trinajstić information content (AvgIpc) is 2.24. The highest BCUT2D eigenvalue weighted by Gasteiger charge is 2.03. The number of anilines is 1. The summed E-state index contributed by atoms with van der Waals surface area (Å²) in [6.07, 6.45) is 2.04. The van der Waals surface area contributed by atoms with Crippen LogP contribution in [0.25, 0.3) is 0 Å². The number of amides is 2. The van der Waals surface area contributed by atoms with Gasteiger partial charge >= 0.3 is 0 Å². The predicted molar refractivity (Wildman–Crippen MR) is 70.0 cm³/mol. The molecule has 3 N–H and O–H groups in total. The zero-order valence-electron chi connectivity index (χ0n) is 9.48. The van der Waals surface area contributed by atoms with Crippen molar-refractivity contribution in [1.29, 1.82) is 0 Å². The molecule has 0 saturated heterocycles. The number of nitrogens with one attached hydrogen (secondary N) is 1. The first-order chi connectivity index (χ1) is 8.08. The third kappa shape index (κ3) is 5.97. The van der Waals surface area contributed by atoms with Crippen LogP contribution in [0.5, 0.6) is 0 Å². The Bertz CT molecular complexity index is 407. The van der Waals surface area contributed by atoms with Crippen LogP contribution in [0.3, 0.4) is 0 Å². The molecule has 4 nitrogen and oxygen atoms in total. The van der Waals surface area contributed by atoms with Gasteiger partial charge in [0.15, 0.2) is 0 Å². The minimum atomic E-state index is -0.326. The van der Waals surface area contributed by atoms with E-state index in [1.165, 1.54) is 0 Å². The maximum Gasteiger partial charge on any atom is 0.224 e. The van der Waals surface area contributed by atoms with Crippen LogP contribution in [0.1, 0.15) is 25.7 Å². The van der Waals surface area contributed by atoms with Crippen molar-refractivity contribution in [2.75, 3.05) is 5.32 Å². The Morgan fingerprint density at radius 1 is 1.24 bits per heavy atom. The fourth-order valence-corrected chi connectivity index (χ4v) is 1.62. The normalized spacial score (nSPS) is 9.94. The van der Waals surface area contributed by atoms with Crippen molar-refractivity contribution in [1.82, 2.24) is 0 Å². The van der Waals surface area contributed by atoms with E-state index in [1.807, 2.05) is 12.1 Å². The van der Waals surface area contributed by atoms with Gasteiger partial charge in [0, 0.05) is 23.4 Å². The Morgan fingerprint density at radius 3 is 2.59 bits per heavy atom. The average molecular weight is 252 g/mol. The molecule has 17 heavy (non-hydrogen) atoms. The Balaban J connectivity index is 2.27. The van der Waals surface area contributed by atoms with E-state index < -0.39 is 0 Å². The van der Waals surface area contributed by atoms with Crippen molar-refractivity contribution in [3.8, 4) is 0 Å². The summed E-state index contributed by atoms with van der Waals surface area (Å²) in [5, 5.41) is 2.77. The lowest BCUT2D eigenvalue weighted by molar-refractivity contribution is -0.119. The van der Waals surface area contributed by atoms with E-state index in [9.17, 15) is 9.59 Å². The van der Waals surface area contributed by atoms with Crippen molar-refractivity contribution in [2.24, 2.45) is 5.73 Å². The number of primary amides is 1. The number of unbranched alkanes of at least 4 members (excludes halogenated alkanes) is 1. The molecule has 0 fully saturated rings. The van der Waals surface area contributed by atoms with Crippen molar-refractivity contribution in [3.63, 3.8) is 0 Å². The summed E-state index contributed by atoms with van der Waals surface area (Å²) in [6.45, 7) is 0. The van der Waals surface area contributed by atoms with E-state index in [1.54, 1.807) is 12.1 Å². The maximum absolute atomic E-state index is 11.5. The van der Waals surface area contributed by atoms with Crippen molar-refractivity contribution in [3.05, 3.63) is 24.3 Å². The van der Waals surface area contributed by atoms with E-state index >= 15 is 0 Å². The molecule has 0 aliphatic rings. The van der Waals surface area contributed by atoms with Gasteiger partial charge in [-0.25, -0.2) is 0 Å². The van der Waals surface area contributed by atoms with E-state index in [0.29, 0.717) is 25.7 Å². The predicted octanol–water partition coefficient (Wildman–Crippen LogP) is 1.96. The quantitative estimate of drug-likeness (QED) is 0.535. The van der Waals surface area contributed by atoms with Crippen LogP contribution in [-0.4, -0.2) is 11.8 Å². The highest BCUT2D eigenvalue weighted by Crippen LogP contribution is 2.14. The molecule has 0 saturated carbocycles. The molecule has 0 bridgehead atoms. The molecule has 0 aromatic heterocycles. The number of rotatable bonds is 6. The lowest BCUT2D eigenvalue weighted by atomic mass is 10.2. The van der Waals surface area contributed by atoms with Gasteiger partial charge in [-0.15, -0.1) is 12.6 Å². The van der Waals surface area contributed by atoms with Gasteiger partial charge in [0.05, 0.1) is 0 Å². The second-order valence-electron chi connectivity index (χ2n) is 3.77. The molecule has 0 radical (unpaired) electrons. The van der Waals surface area contributed by atoms with E-state index in [-0.39, 0.29) is 11.8 Å². The molecule has 1 aromatic carbocycles. The van der Waals surface area contributed by atoms with Gasteiger partial charge in [-0.3, -0.25) is 9.59 Å². The lowest BCUT2D eigenvalue weighted by Crippen LogP contribution is -2.12. The van der Waals surface area contributed by atoms with Gasteiger partial charge in [-0.05, 0) is 31.0 Å². The van der Waals surface area contributed by atoms with Crippen molar-refractivity contribution >= 4 is 30.1 Å². The van der Waals surface area contributed by atoms with Crippen LogP contribution in [0.4, 0.5) is 5.69 Å². The minimum absolute atomic E-state index is 0.0617. The molecule has 2 amide bonds. The summed E-state index contributed by atoms with van der Waals surface area (Å²) < 4.78 is 0. The molecule has 0 spiro atoms. The maximum atomic E-state index is 11.5. The Morgan fingerprint density at radius 2 is 1.94 bits per heavy atom. The number of nitrogens with two attached hydrogens (primary N) is 1. The molecule has 0 heterocycles. The third-order valence-corrected chi connectivity index (χ3v) is 2.49. The summed E-state index contributed by atoms with van der Waals surface area (Å²) in [5.74, 6) is -0.387. The zero-order valence-corrected chi connectivity index (χ0v) is 10.4. The summed E-state index contributed by atoms with van der Waals surface area (Å²) in [4.78, 5) is 22.8. The Kier molecular flexibility index (Phi) is 5.56. The fourth-order valence-electron chi connectivity index (χ4n) is 1.39. The SMILES string of the molecule is NC(=O)CCCCC(=O)Nc1cccc(S)c1. The molecule has 1 rings (SSSR count). The van der Waals surface area contributed by atoms with Gasteiger partial charge in [0.1, 0.15) is 0 Å². The summed E-state index contributed by atoms with van der Waals surface area (Å²) in [6, 6.07) is 7.25. The van der Waals surface area contributed by atoms with Gasteiger partial charge in [-0.2, -0.15) is 0 Å². The monoisotopic (exact) mass is 252 g/mol. The second kappa shape index (κ2) is 6.96. The Labute approximate surface area is 106 Å². The molecule has 0 unspecified atom stereocenters. The highest BCUT2D eigenvalue weighted by atomic mass is 32.1. The molecule has 5 heteroatoms. The highest BCUT2D eigenvalue weighted by molar-refractivity contribution is 7.80. The summed E-state index contributed by atoms with van der Waals surface area (Å²) in [5.41, 5.74) is 5.74. The first-order valence-electron chi connectivity index (χ1n) is 5.45. The van der Waals surface area contributed by atoms with Crippen LogP contribution < -0.4 is 11.1 Å². The minimum Gasteiger partial charge on any atom is -0.370 e. The van der Waals surface area contributed by atoms with E-state index in [0.717, 1.165) is 10.6 Å². The first-order valence-corrected chi connectivity index (χ1v) is 5.90. The van der Waals surface area contributed by atoms with Crippen LogP contribution in [0.15, 0.2) is 29.2 Å². The molecule has 92 valence electrons. The Hall–Kier alpha value is -1.49. The molecule has 0 atom stereocenters. The van der Waals surface area contributed by atoms with Crippen LogP contribution in [0, 0.1) is 0 Å². The van der Waals surface area contributed by atoms with Crippen LogP contribution in [-0.2, 0) is 9.59 Å². The largest absolute Gasteiger partial charge is 0.370 e. The van der Waals surface area contributed by atoms with E-state index in [2.05, 4.69) is 17.9 Å². The lowest BCUT2D eigenvalue weighted by Gasteiger charge is -2.05. The summed E-state index contributed by atoms with van der Waals surface area (Å²) in [7, 11) is 0. The van der Waals surface area contributed by atoms with E-state index in [4.69, 9.17) is 5.73 Å². The zero-order chi connectivity index (χ0) is 12.7. The molecular weight excluding hydrogens is 236 g/mol. The molecule has 0 aliphatic heterocycles. The second-order valence-corrected chi connectivity index (χ2v) is 4.29. The van der Waals surface area contributed by atoms with Gasteiger partial charge in [-0.1, -0.05) is 6.07 Å². The number of thiol groups is 1.